The summed E-state index contributed by atoms with van der Waals surface area (Å²) in [5.74, 6) is 0.727. The van der Waals surface area contributed by atoms with Crippen LogP contribution in [-0.2, 0) is 16.1 Å². The minimum Gasteiger partial charge on any atom is -0.443 e. The van der Waals surface area contributed by atoms with Gasteiger partial charge < -0.3 is 23.6 Å². The Morgan fingerprint density at radius 3 is 2.35 bits per heavy atom. The van der Waals surface area contributed by atoms with Crippen molar-refractivity contribution in [3.05, 3.63) is 59.5 Å². The Hall–Kier alpha value is -4.33. The van der Waals surface area contributed by atoms with Gasteiger partial charge in [-0.05, 0) is 83.6 Å². The normalized spacial score (nSPS) is 21.2. The van der Waals surface area contributed by atoms with Crippen molar-refractivity contribution in [1.29, 1.82) is 0 Å². The predicted molar refractivity (Wildman–Crippen MR) is 159 cm³/mol. The van der Waals surface area contributed by atoms with Crippen molar-refractivity contribution >= 4 is 17.8 Å². The Morgan fingerprint density at radius 1 is 1.00 bits per heavy atom. The van der Waals surface area contributed by atoms with Crippen LogP contribution < -0.4 is 20.5 Å². The number of ether oxygens (including phenoxy) is 3. The molecule has 3 fully saturated rings. The van der Waals surface area contributed by atoms with E-state index in [-0.39, 0.29) is 47.6 Å². The standard InChI is InChI=1S/C32H36F3N5O6/c1-31(2,3)45-30(42)38-37-29(41)19-10-13-26(36-16-19)40-20-11-12-21(40)15-22(14-20)43-17-24-27(39-46-28(24)18-8-9-18)23-6-4-5-7-25(23)44-32(33,34)35/h4-7,10,13,16,18,20-22H,8-9,11-12,14-15,17H2,1-3H3,(H,37,41)(H,38,42). The maximum atomic E-state index is 13.1. The quantitative estimate of drug-likeness (QED) is 0.268. The molecule has 14 heteroatoms. The van der Waals surface area contributed by atoms with E-state index in [1.807, 2.05) is 0 Å². The van der Waals surface area contributed by atoms with Crippen LogP contribution in [0.2, 0.25) is 0 Å². The SMILES string of the molecule is CC(C)(C)OC(=O)NNC(=O)c1ccc(N2C3CCC2CC(OCc2c(-c4ccccc4OC(F)(F)F)noc2C2CC2)C3)nc1. The largest absolute Gasteiger partial charge is 0.573 e. The number of carbonyl (C=O) groups excluding carboxylic acids is 2. The van der Waals surface area contributed by atoms with Crippen molar-refractivity contribution in [3.8, 4) is 17.0 Å². The van der Waals surface area contributed by atoms with Gasteiger partial charge in [0.1, 0.15) is 28.6 Å². The molecule has 1 aromatic carbocycles. The van der Waals surface area contributed by atoms with E-state index in [1.165, 1.54) is 24.4 Å². The van der Waals surface area contributed by atoms with E-state index in [2.05, 4.69) is 30.6 Å². The third kappa shape index (κ3) is 7.38. The first-order chi connectivity index (χ1) is 21.8. The van der Waals surface area contributed by atoms with Gasteiger partial charge in [-0.2, -0.15) is 0 Å². The first-order valence-electron chi connectivity index (χ1n) is 15.3. The van der Waals surface area contributed by atoms with Crippen LogP contribution in [0.25, 0.3) is 11.3 Å². The van der Waals surface area contributed by atoms with E-state index < -0.39 is 24.0 Å². The van der Waals surface area contributed by atoms with Gasteiger partial charge in [0.2, 0.25) is 0 Å². The fourth-order valence-corrected chi connectivity index (χ4v) is 6.21. The molecule has 2 unspecified atom stereocenters. The molecule has 0 spiro atoms. The fourth-order valence-electron chi connectivity index (χ4n) is 6.21. The number of carbonyl (C=O) groups is 2. The number of alkyl halides is 3. The smallest absolute Gasteiger partial charge is 0.443 e. The third-order valence-corrected chi connectivity index (χ3v) is 8.24. The fraction of sp³-hybridized carbons (Fsp3) is 0.500. The summed E-state index contributed by atoms with van der Waals surface area (Å²) in [5, 5.41) is 4.18. The lowest BCUT2D eigenvalue weighted by Gasteiger charge is -2.39. The highest BCUT2D eigenvalue weighted by Gasteiger charge is 2.42. The van der Waals surface area contributed by atoms with Crippen molar-refractivity contribution in [3.63, 3.8) is 0 Å². The van der Waals surface area contributed by atoms with Gasteiger partial charge in [-0.3, -0.25) is 10.2 Å². The van der Waals surface area contributed by atoms with Crippen molar-refractivity contribution in [2.24, 2.45) is 0 Å². The number of hydrazine groups is 1. The van der Waals surface area contributed by atoms with Gasteiger partial charge in [-0.1, -0.05) is 17.3 Å². The Bertz CT molecular complexity index is 1550. The van der Waals surface area contributed by atoms with Crippen LogP contribution in [-0.4, -0.2) is 52.3 Å². The van der Waals surface area contributed by atoms with Gasteiger partial charge in [0.15, 0.2) is 0 Å². The Morgan fingerprint density at radius 2 is 1.72 bits per heavy atom. The second-order valence-corrected chi connectivity index (χ2v) is 12.9. The van der Waals surface area contributed by atoms with E-state index >= 15 is 0 Å². The summed E-state index contributed by atoms with van der Waals surface area (Å²) in [7, 11) is 0. The number of halogens is 3. The van der Waals surface area contributed by atoms with E-state index in [0.29, 0.717) is 17.0 Å². The lowest BCUT2D eigenvalue weighted by atomic mass is 9.99. The predicted octanol–water partition coefficient (Wildman–Crippen LogP) is 6.40. The number of nitrogens with one attached hydrogen (secondary N) is 2. The van der Waals surface area contributed by atoms with E-state index in [1.54, 1.807) is 39.0 Å². The van der Waals surface area contributed by atoms with Crippen LogP contribution in [0.4, 0.5) is 23.8 Å². The minimum absolute atomic E-state index is 0.0748. The number of aromatic nitrogens is 2. The van der Waals surface area contributed by atoms with Crippen molar-refractivity contribution < 1.29 is 41.5 Å². The molecule has 1 saturated carbocycles. The molecule has 11 nitrogen and oxygen atoms in total. The number of hydrogen-bond donors (Lipinski definition) is 2. The summed E-state index contributed by atoms with van der Waals surface area (Å²) >= 11 is 0. The first-order valence-corrected chi connectivity index (χ1v) is 15.3. The maximum Gasteiger partial charge on any atom is 0.573 e. The van der Waals surface area contributed by atoms with Crippen LogP contribution in [0.5, 0.6) is 5.75 Å². The first kappa shape index (κ1) is 31.6. The zero-order valence-corrected chi connectivity index (χ0v) is 25.7. The molecule has 2 N–H and O–H groups in total. The van der Waals surface area contributed by atoms with Crippen LogP contribution in [0.15, 0.2) is 47.1 Å². The maximum absolute atomic E-state index is 13.1. The minimum atomic E-state index is -4.84. The molecule has 2 amide bonds. The summed E-state index contributed by atoms with van der Waals surface area (Å²) in [5.41, 5.74) is 5.30. The van der Waals surface area contributed by atoms with E-state index in [9.17, 15) is 22.8 Å². The molecule has 2 bridgehead atoms. The molecule has 2 saturated heterocycles. The van der Waals surface area contributed by atoms with Crippen molar-refractivity contribution in [2.75, 3.05) is 4.90 Å². The Kier molecular flexibility index (Phi) is 8.57. The number of amides is 2. The van der Waals surface area contributed by atoms with Crippen molar-refractivity contribution in [1.82, 2.24) is 21.0 Å². The average Bonchev–Trinajstić information content (AvgIpc) is 3.69. The zero-order chi connectivity index (χ0) is 32.6. The van der Waals surface area contributed by atoms with Crippen LogP contribution in [0, 0.1) is 0 Å². The van der Waals surface area contributed by atoms with Gasteiger partial charge in [0.05, 0.1) is 18.3 Å². The number of pyridine rings is 1. The molecule has 3 aromatic rings. The van der Waals surface area contributed by atoms with Gasteiger partial charge in [0.25, 0.3) is 5.91 Å². The lowest BCUT2D eigenvalue weighted by molar-refractivity contribution is -0.274. The zero-order valence-electron chi connectivity index (χ0n) is 25.7. The molecule has 2 aliphatic heterocycles. The number of anilines is 1. The Labute approximate surface area is 263 Å². The van der Waals surface area contributed by atoms with Gasteiger partial charge in [-0.15, -0.1) is 13.2 Å². The van der Waals surface area contributed by atoms with Gasteiger partial charge in [0, 0.05) is 35.3 Å². The molecule has 46 heavy (non-hydrogen) atoms. The molecule has 0 radical (unpaired) electrons. The molecule has 3 aliphatic rings. The molecular weight excluding hydrogens is 607 g/mol. The highest BCUT2D eigenvalue weighted by Crippen LogP contribution is 2.46. The molecule has 2 aromatic heterocycles. The second kappa shape index (κ2) is 12.5. The van der Waals surface area contributed by atoms with Crippen molar-refractivity contribution in [2.45, 2.75) is 102 Å². The molecule has 2 atom stereocenters. The number of nitrogens with zero attached hydrogens (tertiary/aromatic N) is 3. The number of piperidine rings is 1. The summed E-state index contributed by atoms with van der Waals surface area (Å²) < 4.78 is 60.9. The van der Waals surface area contributed by atoms with Crippen LogP contribution in [0.3, 0.4) is 0 Å². The second-order valence-electron chi connectivity index (χ2n) is 12.9. The van der Waals surface area contributed by atoms with Crippen LogP contribution in [0.1, 0.15) is 86.9 Å². The van der Waals surface area contributed by atoms with E-state index in [0.717, 1.165) is 44.3 Å². The highest BCUT2D eigenvalue weighted by atomic mass is 19.4. The number of rotatable bonds is 8. The monoisotopic (exact) mass is 643 g/mol. The summed E-state index contributed by atoms with van der Waals surface area (Å²) in [6.45, 7) is 5.32. The number of hydrogen-bond acceptors (Lipinski definition) is 9. The summed E-state index contributed by atoms with van der Waals surface area (Å²) in [6.07, 6.45) is 1.05. The van der Waals surface area contributed by atoms with Crippen LogP contribution >= 0.6 is 0 Å². The highest BCUT2D eigenvalue weighted by molar-refractivity contribution is 5.94. The molecule has 4 heterocycles. The molecule has 6 rings (SSSR count). The number of benzene rings is 1. The summed E-state index contributed by atoms with van der Waals surface area (Å²) in [6, 6.07) is 9.72. The number of para-hydroxylation sites is 1. The molecule has 1 aliphatic carbocycles. The van der Waals surface area contributed by atoms with E-state index in [4.69, 9.17) is 14.0 Å². The molecular formula is C32H36F3N5O6. The van der Waals surface area contributed by atoms with Gasteiger partial charge in [-0.25, -0.2) is 15.2 Å². The number of fused-ring (bicyclic) bond motifs is 2. The average molecular weight is 644 g/mol. The molecule has 246 valence electrons. The topological polar surface area (TPSA) is 128 Å². The van der Waals surface area contributed by atoms with Gasteiger partial charge >= 0.3 is 12.5 Å². The lowest BCUT2D eigenvalue weighted by Crippen LogP contribution is -2.46. The third-order valence-electron chi connectivity index (χ3n) is 8.24. The summed E-state index contributed by atoms with van der Waals surface area (Å²) in [4.78, 5) is 31.1. The Balaban J connectivity index is 1.09.